The van der Waals surface area contributed by atoms with Crippen LogP contribution >= 0.6 is 0 Å². The number of quaternary nitrogens is 1. The molecule has 1 aromatic rings. The number of piperidine rings is 1. The Kier molecular flexibility index (Phi) is 4.28. The topological polar surface area (TPSA) is 13.7 Å². The summed E-state index contributed by atoms with van der Waals surface area (Å²) in [5, 5.41) is 0. The van der Waals surface area contributed by atoms with Gasteiger partial charge in [-0.25, -0.2) is 0 Å². The van der Waals surface area contributed by atoms with Crippen molar-refractivity contribution in [2.45, 2.75) is 63.2 Å². The number of nitrogens with one attached hydrogen (secondary N) is 1. The van der Waals surface area contributed by atoms with Crippen molar-refractivity contribution in [1.29, 1.82) is 0 Å². The van der Waals surface area contributed by atoms with Crippen molar-refractivity contribution in [2.24, 2.45) is 17.8 Å². The molecule has 1 heterocycles. The minimum absolute atomic E-state index is 0.519. The summed E-state index contributed by atoms with van der Waals surface area (Å²) in [6.45, 7) is 4.71. The zero-order chi connectivity index (χ0) is 16.7. The van der Waals surface area contributed by atoms with Gasteiger partial charge in [0.25, 0.3) is 0 Å². The molecule has 5 fully saturated rings. The highest BCUT2D eigenvalue weighted by Crippen LogP contribution is 2.60. The normalized spacial score (nSPS) is 37.4. The molecule has 4 saturated carbocycles. The van der Waals surface area contributed by atoms with Crippen LogP contribution in [0.15, 0.2) is 24.3 Å². The highest BCUT2D eigenvalue weighted by Gasteiger charge is 2.51. The van der Waals surface area contributed by atoms with E-state index < -0.39 is 0 Å². The maximum atomic E-state index is 6.06. The van der Waals surface area contributed by atoms with Crippen LogP contribution in [0.4, 0.5) is 0 Å². The van der Waals surface area contributed by atoms with E-state index in [1.165, 1.54) is 70.9 Å². The summed E-state index contributed by atoms with van der Waals surface area (Å²) < 4.78 is 6.06. The van der Waals surface area contributed by atoms with E-state index in [2.05, 4.69) is 24.3 Å². The third-order valence-electron chi connectivity index (χ3n) is 7.79. The Morgan fingerprint density at radius 1 is 0.840 bits per heavy atom. The average Bonchev–Trinajstić information content (AvgIpc) is 2.62. The third-order valence-corrected chi connectivity index (χ3v) is 7.79. The van der Waals surface area contributed by atoms with Gasteiger partial charge in [-0.15, -0.1) is 0 Å². The Labute approximate surface area is 152 Å². The minimum Gasteiger partial charge on any atom is -0.488 e. The Bertz CT molecular complexity index is 551. The quantitative estimate of drug-likeness (QED) is 0.865. The van der Waals surface area contributed by atoms with Crippen LogP contribution in [-0.2, 0) is 5.41 Å². The second-order valence-electron chi connectivity index (χ2n) is 9.63. The van der Waals surface area contributed by atoms with E-state index in [1.54, 1.807) is 10.5 Å². The first-order chi connectivity index (χ1) is 12.3. The van der Waals surface area contributed by atoms with Crippen LogP contribution in [0.5, 0.6) is 5.75 Å². The molecule has 0 spiro atoms. The summed E-state index contributed by atoms with van der Waals surface area (Å²) >= 11 is 0. The molecule has 25 heavy (non-hydrogen) atoms. The number of likely N-dealkylation sites (tertiary alicyclic amines) is 1. The summed E-state index contributed by atoms with van der Waals surface area (Å²) in [5.41, 5.74) is 2.13. The first-order valence-corrected chi connectivity index (χ1v) is 10.9. The van der Waals surface area contributed by atoms with Crippen molar-refractivity contribution < 1.29 is 9.64 Å². The van der Waals surface area contributed by atoms with Gasteiger partial charge >= 0.3 is 0 Å². The van der Waals surface area contributed by atoms with E-state index in [9.17, 15) is 0 Å². The number of rotatable bonds is 5. The Balaban J connectivity index is 1.20. The summed E-state index contributed by atoms with van der Waals surface area (Å²) in [5.74, 6) is 4.14. The summed E-state index contributed by atoms with van der Waals surface area (Å²) in [6.07, 6.45) is 13.2. The highest BCUT2D eigenvalue weighted by molar-refractivity contribution is 5.34. The molecule has 0 unspecified atom stereocenters. The van der Waals surface area contributed by atoms with Gasteiger partial charge in [-0.1, -0.05) is 12.1 Å². The summed E-state index contributed by atoms with van der Waals surface area (Å²) in [7, 11) is 0. The lowest BCUT2D eigenvalue weighted by molar-refractivity contribution is -0.904. The molecule has 1 saturated heterocycles. The van der Waals surface area contributed by atoms with Gasteiger partial charge in [-0.3, -0.25) is 0 Å². The number of benzene rings is 1. The van der Waals surface area contributed by atoms with Crippen molar-refractivity contribution in [3.05, 3.63) is 29.8 Å². The lowest BCUT2D eigenvalue weighted by atomic mass is 9.48. The summed E-state index contributed by atoms with van der Waals surface area (Å²) in [4.78, 5) is 1.73. The van der Waals surface area contributed by atoms with E-state index in [1.807, 2.05) is 0 Å². The smallest absolute Gasteiger partial charge is 0.137 e. The van der Waals surface area contributed by atoms with Crippen molar-refractivity contribution in [2.75, 3.05) is 26.2 Å². The number of hydrogen-bond donors (Lipinski definition) is 1. The van der Waals surface area contributed by atoms with E-state index in [4.69, 9.17) is 4.74 Å². The van der Waals surface area contributed by atoms with Crippen molar-refractivity contribution in [3.63, 3.8) is 0 Å². The number of hydrogen-bond acceptors (Lipinski definition) is 1. The Morgan fingerprint density at radius 3 is 2.04 bits per heavy atom. The molecule has 2 heteroatoms. The van der Waals surface area contributed by atoms with Gasteiger partial charge in [0, 0.05) is 0 Å². The molecule has 5 aliphatic rings. The fraction of sp³-hybridized carbons (Fsp3) is 0.739. The Morgan fingerprint density at radius 2 is 1.44 bits per heavy atom. The van der Waals surface area contributed by atoms with Crippen LogP contribution in [0.3, 0.4) is 0 Å². The van der Waals surface area contributed by atoms with Gasteiger partial charge in [-0.05, 0) is 98.7 Å². The van der Waals surface area contributed by atoms with Crippen molar-refractivity contribution in [3.8, 4) is 5.75 Å². The van der Waals surface area contributed by atoms with Gasteiger partial charge in [0.2, 0.25) is 0 Å². The molecule has 1 aliphatic heterocycles. The first-order valence-electron chi connectivity index (χ1n) is 10.9. The zero-order valence-corrected chi connectivity index (χ0v) is 15.6. The minimum atomic E-state index is 0.519. The van der Waals surface area contributed by atoms with Crippen LogP contribution in [0.1, 0.15) is 63.4 Å². The van der Waals surface area contributed by atoms with E-state index in [0.717, 1.165) is 36.7 Å². The molecule has 1 aromatic carbocycles. The standard InChI is InChI=1S/C23H33NO/c1-2-8-24(9-3-1)10-11-25-22-6-4-21(5-7-22)23-15-18-12-19(16-23)14-20(13-18)17-23/h4-7,18-20H,1-3,8-17H2/p+1. The fourth-order valence-corrected chi connectivity index (χ4v) is 6.98. The average molecular weight is 341 g/mol. The van der Waals surface area contributed by atoms with Crippen LogP contribution in [0.25, 0.3) is 0 Å². The zero-order valence-electron chi connectivity index (χ0n) is 15.6. The lowest BCUT2D eigenvalue weighted by Crippen LogP contribution is -3.13. The van der Waals surface area contributed by atoms with Gasteiger partial charge < -0.3 is 9.64 Å². The summed E-state index contributed by atoms with van der Waals surface area (Å²) in [6, 6.07) is 9.30. The molecule has 0 amide bonds. The van der Waals surface area contributed by atoms with Gasteiger partial charge in [0.15, 0.2) is 0 Å². The second-order valence-corrected chi connectivity index (χ2v) is 9.63. The van der Waals surface area contributed by atoms with E-state index in [0.29, 0.717) is 5.41 Å². The number of ether oxygens (including phenoxy) is 1. The third kappa shape index (κ3) is 3.23. The molecular weight excluding hydrogens is 306 g/mol. The van der Waals surface area contributed by atoms with E-state index in [-0.39, 0.29) is 0 Å². The molecule has 136 valence electrons. The molecule has 2 nitrogen and oxygen atoms in total. The maximum absolute atomic E-state index is 6.06. The predicted octanol–water partition coefficient (Wildman–Crippen LogP) is 3.60. The molecule has 0 atom stereocenters. The monoisotopic (exact) mass is 340 g/mol. The molecule has 4 aliphatic carbocycles. The van der Waals surface area contributed by atoms with Crippen LogP contribution in [0.2, 0.25) is 0 Å². The van der Waals surface area contributed by atoms with Crippen molar-refractivity contribution >= 4 is 0 Å². The Hall–Kier alpha value is -1.02. The molecule has 0 aromatic heterocycles. The SMILES string of the molecule is c1cc(C23CC4CC(CC(C4)C2)C3)ccc1OCC[NH+]1CCCCC1. The van der Waals surface area contributed by atoms with Gasteiger partial charge in [-0.2, -0.15) is 0 Å². The maximum Gasteiger partial charge on any atom is 0.137 e. The molecule has 6 rings (SSSR count). The highest BCUT2D eigenvalue weighted by atomic mass is 16.5. The fourth-order valence-electron chi connectivity index (χ4n) is 6.98. The molecule has 1 N–H and O–H groups in total. The first kappa shape index (κ1) is 16.2. The second kappa shape index (κ2) is 6.61. The van der Waals surface area contributed by atoms with Crippen molar-refractivity contribution in [1.82, 2.24) is 0 Å². The lowest BCUT2D eigenvalue weighted by Gasteiger charge is -2.57. The predicted molar refractivity (Wildman–Crippen MR) is 101 cm³/mol. The van der Waals surface area contributed by atoms with Crippen LogP contribution < -0.4 is 9.64 Å². The van der Waals surface area contributed by atoms with Gasteiger partial charge in [0.05, 0.1) is 13.1 Å². The van der Waals surface area contributed by atoms with Gasteiger partial charge in [0.1, 0.15) is 18.9 Å². The molecule has 4 bridgehead atoms. The van der Waals surface area contributed by atoms with Crippen LogP contribution in [0, 0.1) is 17.8 Å². The van der Waals surface area contributed by atoms with Crippen LogP contribution in [-0.4, -0.2) is 26.2 Å². The molecular formula is C23H34NO+. The molecule has 0 radical (unpaired) electrons. The largest absolute Gasteiger partial charge is 0.488 e. The van der Waals surface area contributed by atoms with E-state index >= 15 is 0 Å².